The predicted octanol–water partition coefficient (Wildman–Crippen LogP) is 3.57. The van der Waals surface area contributed by atoms with E-state index in [1.54, 1.807) is 55.5 Å². The summed E-state index contributed by atoms with van der Waals surface area (Å²) in [6.07, 6.45) is 6.85. The summed E-state index contributed by atoms with van der Waals surface area (Å²) in [5, 5.41) is 2.87. The molecule has 0 aliphatic carbocycles. The normalized spacial score (nSPS) is 16.2. The first-order valence-electron chi connectivity index (χ1n) is 11.6. The second-order valence-electron chi connectivity index (χ2n) is 8.36. The van der Waals surface area contributed by atoms with Crippen LogP contribution in [0, 0.1) is 0 Å². The quantitative estimate of drug-likeness (QED) is 0.601. The zero-order chi connectivity index (χ0) is 23.9. The molecular formula is C26H31N3O5. The molecule has 2 amide bonds. The van der Waals surface area contributed by atoms with Gasteiger partial charge >= 0.3 is 0 Å². The van der Waals surface area contributed by atoms with Gasteiger partial charge < -0.3 is 29.3 Å². The number of nitrogens with zero attached hydrogens (tertiary/aromatic N) is 2. The summed E-state index contributed by atoms with van der Waals surface area (Å²) < 4.78 is 16.2. The third kappa shape index (κ3) is 5.69. The Bertz CT molecular complexity index is 1060. The van der Waals surface area contributed by atoms with Gasteiger partial charge in [0.05, 0.1) is 19.9 Å². The van der Waals surface area contributed by atoms with E-state index < -0.39 is 0 Å². The van der Waals surface area contributed by atoms with E-state index in [-0.39, 0.29) is 18.4 Å². The minimum absolute atomic E-state index is 0.0345. The zero-order valence-corrected chi connectivity index (χ0v) is 19.7. The highest BCUT2D eigenvalue weighted by Crippen LogP contribution is 2.34. The SMILES string of the molecule is COc1ccc(/C=C/C(=O)Nc2ccc3c(c2)N(CCN2CCCCC2)C(=O)CO3)cc1OC. The maximum atomic E-state index is 12.6. The summed E-state index contributed by atoms with van der Waals surface area (Å²) in [5.74, 6) is 1.52. The monoisotopic (exact) mass is 465 g/mol. The molecule has 4 rings (SSSR count). The van der Waals surface area contributed by atoms with E-state index in [1.807, 2.05) is 6.07 Å². The first-order valence-corrected chi connectivity index (χ1v) is 11.6. The van der Waals surface area contributed by atoms with Gasteiger partial charge in [-0.2, -0.15) is 0 Å². The lowest BCUT2D eigenvalue weighted by molar-refractivity contribution is -0.121. The number of ether oxygens (including phenoxy) is 3. The Hall–Kier alpha value is -3.52. The topological polar surface area (TPSA) is 80.3 Å². The molecule has 0 spiro atoms. The van der Waals surface area contributed by atoms with Crippen molar-refractivity contribution in [2.24, 2.45) is 0 Å². The minimum Gasteiger partial charge on any atom is -0.493 e. The molecule has 1 fully saturated rings. The number of hydrogen-bond donors (Lipinski definition) is 1. The number of carbonyl (C=O) groups is 2. The highest BCUT2D eigenvalue weighted by molar-refractivity contribution is 6.03. The number of carbonyl (C=O) groups excluding carboxylic acids is 2. The molecular weight excluding hydrogens is 434 g/mol. The number of hydrogen-bond acceptors (Lipinski definition) is 6. The average Bonchev–Trinajstić information content (AvgIpc) is 2.87. The summed E-state index contributed by atoms with van der Waals surface area (Å²) in [4.78, 5) is 29.3. The van der Waals surface area contributed by atoms with Crippen molar-refractivity contribution in [2.75, 3.05) is 57.2 Å². The van der Waals surface area contributed by atoms with Gasteiger partial charge in [0.1, 0.15) is 5.75 Å². The van der Waals surface area contributed by atoms with Gasteiger partial charge in [0.2, 0.25) is 5.91 Å². The molecule has 0 atom stereocenters. The summed E-state index contributed by atoms with van der Waals surface area (Å²) >= 11 is 0. The Morgan fingerprint density at radius 1 is 1.03 bits per heavy atom. The van der Waals surface area contributed by atoms with Crippen LogP contribution in [0.2, 0.25) is 0 Å². The van der Waals surface area contributed by atoms with Crippen molar-refractivity contribution in [2.45, 2.75) is 19.3 Å². The zero-order valence-electron chi connectivity index (χ0n) is 19.7. The lowest BCUT2D eigenvalue weighted by Gasteiger charge is -2.33. The molecule has 1 saturated heterocycles. The first kappa shape index (κ1) is 23.6. The number of piperidine rings is 1. The van der Waals surface area contributed by atoms with E-state index in [9.17, 15) is 9.59 Å². The minimum atomic E-state index is -0.280. The molecule has 1 N–H and O–H groups in total. The molecule has 0 aromatic heterocycles. The molecule has 0 bridgehead atoms. The van der Waals surface area contributed by atoms with Crippen LogP contribution >= 0.6 is 0 Å². The lowest BCUT2D eigenvalue weighted by Crippen LogP contribution is -2.44. The number of anilines is 2. The summed E-state index contributed by atoms with van der Waals surface area (Å²) in [5.41, 5.74) is 2.10. The summed E-state index contributed by atoms with van der Waals surface area (Å²) in [6.45, 7) is 3.62. The van der Waals surface area contributed by atoms with Crippen LogP contribution < -0.4 is 24.4 Å². The Labute approximate surface area is 200 Å². The first-order chi connectivity index (χ1) is 16.6. The van der Waals surface area contributed by atoms with Crippen LogP contribution in [-0.4, -0.2) is 63.7 Å². The van der Waals surface area contributed by atoms with E-state index in [0.717, 1.165) is 25.2 Å². The standard InChI is InChI=1S/C26H31N3O5/c1-32-23-9-6-19(16-24(23)33-2)7-11-25(30)27-20-8-10-22-21(17-20)29(26(31)18-34-22)15-14-28-12-4-3-5-13-28/h6-11,16-17H,3-5,12-15,18H2,1-2H3,(H,27,30)/b11-7+. The van der Waals surface area contributed by atoms with E-state index in [1.165, 1.54) is 25.3 Å². The van der Waals surface area contributed by atoms with Crippen LogP contribution in [0.1, 0.15) is 24.8 Å². The molecule has 0 saturated carbocycles. The van der Waals surface area contributed by atoms with Crippen molar-refractivity contribution in [3.63, 3.8) is 0 Å². The van der Waals surface area contributed by atoms with Gasteiger partial charge in [-0.1, -0.05) is 12.5 Å². The van der Waals surface area contributed by atoms with E-state index in [0.29, 0.717) is 35.2 Å². The Balaban J connectivity index is 1.43. The van der Waals surface area contributed by atoms with Crippen LogP contribution in [0.5, 0.6) is 17.2 Å². The fourth-order valence-electron chi connectivity index (χ4n) is 4.26. The Kier molecular flexibility index (Phi) is 7.69. The number of nitrogens with one attached hydrogen (secondary N) is 1. The molecule has 2 aliphatic heterocycles. The van der Waals surface area contributed by atoms with Gasteiger partial charge in [-0.3, -0.25) is 9.59 Å². The molecule has 2 aromatic rings. The molecule has 0 radical (unpaired) electrons. The largest absolute Gasteiger partial charge is 0.493 e. The summed E-state index contributed by atoms with van der Waals surface area (Å²) in [6, 6.07) is 10.8. The molecule has 2 aliphatic rings. The van der Waals surface area contributed by atoms with Gasteiger partial charge in [-0.05, 0) is 67.9 Å². The fraction of sp³-hybridized carbons (Fsp3) is 0.385. The van der Waals surface area contributed by atoms with Crippen molar-refractivity contribution in [3.8, 4) is 17.2 Å². The second-order valence-corrected chi connectivity index (χ2v) is 8.36. The summed E-state index contributed by atoms with van der Waals surface area (Å²) in [7, 11) is 3.14. The van der Waals surface area contributed by atoms with Crippen molar-refractivity contribution < 1.29 is 23.8 Å². The number of benzene rings is 2. The van der Waals surface area contributed by atoms with Gasteiger partial charge in [0.15, 0.2) is 18.1 Å². The van der Waals surface area contributed by atoms with Gasteiger partial charge in [0.25, 0.3) is 5.91 Å². The highest BCUT2D eigenvalue weighted by atomic mass is 16.5. The van der Waals surface area contributed by atoms with Crippen LogP contribution in [0.3, 0.4) is 0 Å². The van der Waals surface area contributed by atoms with Crippen LogP contribution in [0.15, 0.2) is 42.5 Å². The number of fused-ring (bicyclic) bond motifs is 1. The van der Waals surface area contributed by atoms with Crippen molar-refractivity contribution in [1.82, 2.24) is 4.90 Å². The number of amides is 2. The molecule has 8 nitrogen and oxygen atoms in total. The molecule has 2 heterocycles. The van der Waals surface area contributed by atoms with E-state index in [2.05, 4.69) is 10.2 Å². The highest BCUT2D eigenvalue weighted by Gasteiger charge is 2.26. The number of likely N-dealkylation sites (tertiary alicyclic amines) is 1. The molecule has 2 aromatic carbocycles. The van der Waals surface area contributed by atoms with E-state index in [4.69, 9.17) is 14.2 Å². The Morgan fingerprint density at radius 2 is 1.82 bits per heavy atom. The third-order valence-corrected chi connectivity index (χ3v) is 6.09. The number of rotatable bonds is 8. The average molecular weight is 466 g/mol. The maximum absolute atomic E-state index is 12.6. The fourth-order valence-corrected chi connectivity index (χ4v) is 4.26. The Morgan fingerprint density at radius 3 is 2.59 bits per heavy atom. The van der Waals surface area contributed by atoms with Crippen molar-refractivity contribution in [3.05, 3.63) is 48.0 Å². The van der Waals surface area contributed by atoms with Crippen molar-refractivity contribution in [1.29, 1.82) is 0 Å². The molecule has 8 heteroatoms. The number of methoxy groups -OCH3 is 2. The molecule has 0 unspecified atom stereocenters. The predicted molar refractivity (Wildman–Crippen MR) is 132 cm³/mol. The van der Waals surface area contributed by atoms with Crippen LogP contribution in [0.4, 0.5) is 11.4 Å². The van der Waals surface area contributed by atoms with Gasteiger partial charge in [-0.25, -0.2) is 0 Å². The second kappa shape index (κ2) is 11.1. The molecule has 180 valence electrons. The van der Waals surface area contributed by atoms with Crippen molar-refractivity contribution >= 4 is 29.3 Å². The smallest absolute Gasteiger partial charge is 0.265 e. The van der Waals surface area contributed by atoms with Crippen LogP contribution in [-0.2, 0) is 9.59 Å². The third-order valence-electron chi connectivity index (χ3n) is 6.09. The lowest BCUT2D eigenvalue weighted by atomic mass is 10.1. The molecule has 34 heavy (non-hydrogen) atoms. The van der Waals surface area contributed by atoms with Crippen LogP contribution in [0.25, 0.3) is 6.08 Å². The van der Waals surface area contributed by atoms with Gasteiger partial charge in [0, 0.05) is 24.9 Å². The maximum Gasteiger partial charge on any atom is 0.265 e. The van der Waals surface area contributed by atoms with E-state index >= 15 is 0 Å². The van der Waals surface area contributed by atoms with Gasteiger partial charge in [-0.15, -0.1) is 0 Å².